The lowest BCUT2D eigenvalue weighted by Gasteiger charge is -2.07. The Morgan fingerprint density at radius 2 is 2.28 bits per heavy atom. The summed E-state index contributed by atoms with van der Waals surface area (Å²) in [5.41, 5.74) is 0.186. The molecule has 7 nitrogen and oxygen atoms in total. The van der Waals surface area contributed by atoms with E-state index < -0.39 is 6.10 Å². The maximum absolute atomic E-state index is 11.9. The van der Waals surface area contributed by atoms with Gasteiger partial charge >= 0.3 is 0 Å². The van der Waals surface area contributed by atoms with Gasteiger partial charge in [-0.15, -0.1) is 0 Å². The lowest BCUT2D eigenvalue weighted by molar-refractivity contribution is 0.0936. The molecule has 0 bridgehead atoms. The van der Waals surface area contributed by atoms with Crippen molar-refractivity contribution in [3.8, 4) is 5.75 Å². The van der Waals surface area contributed by atoms with Crippen LogP contribution in [-0.2, 0) is 6.61 Å². The minimum Gasteiger partial charge on any atom is -0.485 e. The summed E-state index contributed by atoms with van der Waals surface area (Å²) in [4.78, 5) is 16.0. The number of aliphatic hydroxyl groups is 1. The van der Waals surface area contributed by atoms with E-state index in [0.717, 1.165) is 10.8 Å². The summed E-state index contributed by atoms with van der Waals surface area (Å²) < 4.78 is 10.9. The number of nitrogens with one attached hydrogen (secondary N) is 1. The number of pyridine rings is 1. The van der Waals surface area contributed by atoms with Gasteiger partial charge in [0.2, 0.25) is 0 Å². The van der Waals surface area contributed by atoms with Crippen LogP contribution in [0, 0.1) is 0 Å². The van der Waals surface area contributed by atoms with Crippen molar-refractivity contribution in [3.63, 3.8) is 0 Å². The molecule has 2 heterocycles. The Morgan fingerprint density at radius 3 is 3.12 bits per heavy atom. The van der Waals surface area contributed by atoms with Gasteiger partial charge in [-0.3, -0.25) is 9.78 Å². The highest BCUT2D eigenvalue weighted by atomic mass is 16.5. The van der Waals surface area contributed by atoms with Gasteiger partial charge in [-0.05, 0) is 25.5 Å². The van der Waals surface area contributed by atoms with E-state index in [1.807, 2.05) is 24.3 Å². The molecule has 0 radical (unpaired) electrons. The van der Waals surface area contributed by atoms with Crippen LogP contribution in [0.2, 0.25) is 0 Å². The molecule has 0 aliphatic heterocycles. The second-order valence-corrected chi connectivity index (χ2v) is 5.71. The van der Waals surface area contributed by atoms with E-state index in [1.165, 1.54) is 0 Å². The fourth-order valence-electron chi connectivity index (χ4n) is 2.34. The van der Waals surface area contributed by atoms with Gasteiger partial charge in [-0.2, -0.15) is 0 Å². The topological polar surface area (TPSA) is 97.5 Å². The molecular formula is C18H19N3O4. The highest BCUT2D eigenvalue weighted by molar-refractivity contribution is 5.92. The highest BCUT2D eigenvalue weighted by Crippen LogP contribution is 2.25. The first-order chi connectivity index (χ1) is 12.1. The molecule has 0 spiro atoms. The maximum Gasteiger partial charge on any atom is 0.273 e. The van der Waals surface area contributed by atoms with Crippen molar-refractivity contribution in [1.82, 2.24) is 15.5 Å². The van der Waals surface area contributed by atoms with E-state index in [9.17, 15) is 9.90 Å². The van der Waals surface area contributed by atoms with Gasteiger partial charge in [-0.25, -0.2) is 0 Å². The fraction of sp³-hybridized carbons (Fsp3) is 0.278. The van der Waals surface area contributed by atoms with Gasteiger partial charge in [0.25, 0.3) is 5.91 Å². The highest BCUT2D eigenvalue weighted by Gasteiger charge is 2.13. The smallest absolute Gasteiger partial charge is 0.273 e. The van der Waals surface area contributed by atoms with Crippen molar-refractivity contribution < 1.29 is 19.2 Å². The zero-order chi connectivity index (χ0) is 17.6. The number of aromatic nitrogens is 2. The van der Waals surface area contributed by atoms with Crippen molar-refractivity contribution in [2.45, 2.75) is 26.1 Å². The molecule has 0 fully saturated rings. The molecule has 2 N–H and O–H groups in total. The van der Waals surface area contributed by atoms with E-state index in [4.69, 9.17) is 9.26 Å². The monoisotopic (exact) mass is 341 g/mol. The third-order valence-electron chi connectivity index (χ3n) is 3.65. The largest absolute Gasteiger partial charge is 0.485 e. The Morgan fingerprint density at radius 1 is 1.40 bits per heavy atom. The first-order valence-electron chi connectivity index (χ1n) is 8.01. The number of nitrogens with zero attached hydrogens (tertiary/aromatic N) is 2. The zero-order valence-corrected chi connectivity index (χ0v) is 13.8. The molecule has 1 aromatic carbocycles. The van der Waals surface area contributed by atoms with Gasteiger partial charge in [0.05, 0.1) is 6.10 Å². The third-order valence-corrected chi connectivity index (χ3v) is 3.65. The summed E-state index contributed by atoms with van der Waals surface area (Å²) in [6.45, 7) is 2.20. The van der Waals surface area contributed by atoms with Crippen LogP contribution in [0.4, 0.5) is 0 Å². The SMILES string of the molecule is C[C@@H](O)CCNC(=O)c1cc(COc2cccc3cnccc23)on1. The van der Waals surface area contributed by atoms with E-state index in [1.54, 1.807) is 25.4 Å². The van der Waals surface area contributed by atoms with Crippen molar-refractivity contribution in [2.24, 2.45) is 0 Å². The Hall–Kier alpha value is -2.93. The van der Waals surface area contributed by atoms with Crippen molar-refractivity contribution in [2.75, 3.05) is 6.54 Å². The number of carbonyl (C=O) groups is 1. The van der Waals surface area contributed by atoms with Gasteiger partial charge in [-0.1, -0.05) is 17.3 Å². The molecule has 3 rings (SSSR count). The van der Waals surface area contributed by atoms with Gasteiger partial charge < -0.3 is 19.7 Å². The normalized spacial score (nSPS) is 12.1. The quantitative estimate of drug-likeness (QED) is 0.684. The molecule has 1 atom stereocenters. The van der Waals surface area contributed by atoms with E-state index in [0.29, 0.717) is 24.5 Å². The summed E-state index contributed by atoms with van der Waals surface area (Å²) in [7, 11) is 0. The Labute approximate surface area is 144 Å². The van der Waals surface area contributed by atoms with Gasteiger partial charge in [0.1, 0.15) is 12.4 Å². The number of carbonyl (C=O) groups excluding carboxylic acids is 1. The molecule has 25 heavy (non-hydrogen) atoms. The zero-order valence-electron chi connectivity index (χ0n) is 13.8. The van der Waals surface area contributed by atoms with Crippen LogP contribution in [0.1, 0.15) is 29.6 Å². The molecular weight excluding hydrogens is 322 g/mol. The van der Waals surface area contributed by atoms with Crippen LogP contribution in [-0.4, -0.2) is 33.8 Å². The minimum atomic E-state index is -0.461. The second kappa shape index (κ2) is 7.76. The van der Waals surface area contributed by atoms with Crippen LogP contribution < -0.4 is 10.1 Å². The summed E-state index contributed by atoms with van der Waals surface area (Å²) in [6.07, 6.45) is 3.50. The first-order valence-corrected chi connectivity index (χ1v) is 8.01. The Balaban J connectivity index is 1.61. The predicted molar refractivity (Wildman–Crippen MR) is 91.2 cm³/mol. The molecule has 2 aromatic heterocycles. The third kappa shape index (κ3) is 4.33. The van der Waals surface area contributed by atoms with E-state index in [2.05, 4.69) is 15.5 Å². The molecule has 0 saturated carbocycles. The van der Waals surface area contributed by atoms with Crippen LogP contribution in [0.3, 0.4) is 0 Å². The van der Waals surface area contributed by atoms with Crippen LogP contribution in [0.5, 0.6) is 5.75 Å². The van der Waals surface area contributed by atoms with E-state index >= 15 is 0 Å². The molecule has 3 aromatic rings. The molecule has 0 unspecified atom stereocenters. The number of hydrogen-bond donors (Lipinski definition) is 2. The molecule has 0 aliphatic rings. The lowest BCUT2D eigenvalue weighted by atomic mass is 10.1. The number of rotatable bonds is 7. The molecule has 0 saturated heterocycles. The number of amides is 1. The molecule has 0 aliphatic carbocycles. The van der Waals surface area contributed by atoms with E-state index in [-0.39, 0.29) is 18.2 Å². The van der Waals surface area contributed by atoms with Gasteiger partial charge in [0, 0.05) is 35.8 Å². The minimum absolute atomic E-state index is 0.162. The number of ether oxygens (including phenoxy) is 1. The Kier molecular flexibility index (Phi) is 5.25. The molecule has 130 valence electrons. The van der Waals surface area contributed by atoms with Crippen LogP contribution >= 0.6 is 0 Å². The van der Waals surface area contributed by atoms with Crippen molar-refractivity contribution in [1.29, 1.82) is 0 Å². The van der Waals surface area contributed by atoms with Crippen molar-refractivity contribution >= 4 is 16.7 Å². The van der Waals surface area contributed by atoms with Crippen LogP contribution in [0.25, 0.3) is 10.8 Å². The standard InChI is InChI=1S/C18H19N3O4/c1-12(22)5-8-20-18(23)16-9-14(25-21-16)11-24-17-4-2-3-13-10-19-7-6-15(13)17/h2-4,6-7,9-10,12,22H,5,8,11H2,1H3,(H,20,23)/t12-/m1/s1. The summed E-state index contributed by atoms with van der Waals surface area (Å²) in [6, 6.07) is 9.14. The predicted octanol–water partition coefficient (Wildman–Crippen LogP) is 2.30. The number of aliphatic hydroxyl groups excluding tert-OH is 1. The first kappa shape index (κ1) is 16.9. The summed E-state index contributed by atoms with van der Waals surface area (Å²) >= 11 is 0. The van der Waals surface area contributed by atoms with Gasteiger partial charge in [0.15, 0.2) is 11.5 Å². The fourth-order valence-corrected chi connectivity index (χ4v) is 2.34. The second-order valence-electron chi connectivity index (χ2n) is 5.71. The number of fused-ring (bicyclic) bond motifs is 1. The van der Waals surface area contributed by atoms with Crippen molar-refractivity contribution in [3.05, 3.63) is 54.2 Å². The Bertz CT molecular complexity index is 855. The summed E-state index contributed by atoms with van der Waals surface area (Å²) in [5, 5.41) is 17.5. The average molecular weight is 341 g/mol. The average Bonchev–Trinajstić information content (AvgIpc) is 3.08. The van der Waals surface area contributed by atoms with Crippen LogP contribution in [0.15, 0.2) is 47.2 Å². The number of benzene rings is 1. The summed E-state index contributed by atoms with van der Waals surface area (Å²) in [5.74, 6) is 0.817. The maximum atomic E-state index is 11.9. The molecule has 7 heteroatoms. The molecule has 1 amide bonds. The number of hydrogen-bond acceptors (Lipinski definition) is 6. The lowest BCUT2D eigenvalue weighted by Crippen LogP contribution is -2.26.